The minimum atomic E-state index is -0.250. The van der Waals surface area contributed by atoms with Gasteiger partial charge in [0.2, 0.25) is 0 Å². The molecule has 0 unspecified atom stereocenters. The number of hydrogen-bond acceptors (Lipinski definition) is 7. The molecule has 4 rings (SSSR count). The van der Waals surface area contributed by atoms with Gasteiger partial charge in [0.25, 0.3) is 0 Å². The summed E-state index contributed by atoms with van der Waals surface area (Å²) in [4.78, 5) is 13.0. The molecule has 0 aliphatic rings. The van der Waals surface area contributed by atoms with Gasteiger partial charge < -0.3 is 10.6 Å². The summed E-state index contributed by atoms with van der Waals surface area (Å²) in [5.74, 6) is 0.358. The predicted molar refractivity (Wildman–Crippen MR) is 104 cm³/mol. The van der Waals surface area contributed by atoms with Gasteiger partial charge in [-0.2, -0.15) is 10.2 Å². The van der Waals surface area contributed by atoms with Crippen LogP contribution in [0.15, 0.2) is 48.8 Å². The van der Waals surface area contributed by atoms with E-state index in [1.165, 1.54) is 23.7 Å². The van der Waals surface area contributed by atoms with Crippen molar-refractivity contribution in [3.8, 4) is 6.07 Å². The Hall–Kier alpha value is -3.57. The summed E-state index contributed by atoms with van der Waals surface area (Å²) >= 11 is 1.41. The van der Waals surface area contributed by atoms with Crippen LogP contribution in [-0.4, -0.2) is 15.0 Å². The standard InChI is InChI=1S/C19H13FN6S/c1-11-8-14(6-7-15(11)20)24-17-16-18(23-10-22-17)26-19(27-16)25-13-4-2-12(9-21)3-5-13/h2-8,10H,1H3,(H2,22,23,24,25,26). The van der Waals surface area contributed by atoms with E-state index in [-0.39, 0.29) is 5.82 Å². The molecule has 0 aliphatic heterocycles. The van der Waals surface area contributed by atoms with Crippen LogP contribution in [0.5, 0.6) is 0 Å². The number of fused-ring (bicyclic) bond motifs is 1. The normalized spacial score (nSPS) is 10.6. The van der Waals surface area contributed by atoms with Gasteiger partial charge in [0.15, 0.2) is 16.6 Å². The molecule has 0 radical (unpaired) electrons. The Morgan fingerprint density at radius 1 is 1.04 bits per heavy atom. The lowest BCUT2D eigenvalue weighted by molar-refractivity contribution is 0.619. The fourth-order valence-electron chi connectivity index (χ4n) is 2.51. The summed E-state index contributed by atoms with van der Waals surface area (Å²) in [6.45, 7) is 1.71. The number of nitrogens with one attached hydrogen (secondary N) is 2. The zero-order valence-electron chi connectivity index (χ0n) is 14.2. The molecule has 0 amide bonds. The van der Waals surface area contributed by atoms with Gasteiger partial charge >= 0.3 is 0 Å². The second-order valence-electron chi connectivity index (χ2n) is 5.80. The number of nitriles is 1. The molecule has 132 valence electrons. The van der Waals surface area contributed by atoms with E-state index in [4.69, 9.17) is 5.26 Å². The van der Waals surface area contributed by atoms with E-state index in [2.05, 4.69) is 31.7 Å². The molecule has 2 aromatic carbocycles. The maximum atomic E-state index is 13.5. The highest BCUT2D eigenvalue weighted by molar-refractivity contribution is 7.22. The van der Waals surface area contributed by atoms with Gasteiger partial charge in [-0.1, -0.05) is 11.3 Å². The minimum absolute atomic E-state index is 0.250. The summed E-state index contributed by atoms with van der Waals surface area (Å²) < 4.78 is 14.2. The number of halogens is 1. The van der Waals surface area contributed by atoms with E-state index in [9.17, 15) is 4.39 Å². The lowest BCUT2D eigenvalue weighted by Gasteiger charge is -2.07. The number of benzene rings is 2. The van der Waals surface area contributed by atoms with Gasteiger partial charge in [0.05, 0.1) is 11.6 Å². The third-order valence-corrected chi connectivity index (χ3v) is 4.84. The number of hydrogen-bond donors (Lipinski definition) is 2. The number of aromatic nitrogens is 3. The van der Waals surface area contributed by atoms with Crippen LogP contribution in [0.4, 0.5) is 26.7 Å². The lowest BCUT2D eigenvalue weighted by Crippen LogP contribution is -1.95. The van der Waals surface area contributed by atoms with Gasteiger partial charge in [0.1, 0.15) is 16.8 Å². The van der Waals surface area contributed by atoms with Gasteiger partial charge in [-0.25, -0.2) is 14.4 Å². The molecule has 0 aliphatic carbocycles. The molecule has 2 aromatic heterocycles. The Bertz CT molecular complexity index is 1160. The smallest absolute Gasteiger partial charge is 0.189 e. The van der Waals surface area contributed by atoms with Crippen LogP contribution in [0.1, 0.15) is 11.1 Å². The number of aryl methyl sites for hydroxylation is 1. The molecule has 0 fully saturated rings. The highest BCUT2D eigenvalue weighted by Crippen LogP contribution is 2.32. The highest BCUT2D eigenvalue weighted by atomic mass is 32.1. The van der Waals surface area contributed by atoms with Gasteiger partial charge in [-0.15, -0.1) is 0 Å². The second-order valence-corrected chi connectivity index (χ2v) is 6.80. The number of rotatable bonds is 4. The largest absolute Gasteiger partial charge is 0.339 e. The molecule has 27 heavy (non-hydrogen) atoms. The first-order valence-corrected chi connectivity index (χ1v) is 8.86. The van der Waals surface area contributed by atoms with E-state index in [1.54, 1.807) is 31.2 Å². The van der Waals surface area contributed by atoms with E-state index < -0.39 is 0 Å². The minimum Gasteiger partial charge on any atom is -0.339 e. The van der Waals surface area contributed by atoms with Crippen molar-refractivity contribution in [3.63, 3.8) is 0 Å². The summed E-state index contributed by atoms with van der Waals surface area (Å²) in [5, 5.41) is 15.9. The Kier molecular flexibility index (Phi) is 4.36. The van der Waals surface area contributed by atoms with Crippen LogP contribution < -0.4 is 10.6 Å². The molecule has 0 bridgehead atoms. The molecule has 2 N–H and O–H groups in total. The van der Waals surface area contributed by atoms with Gasteiger partial charge in [0, 0.05) is 11.4 Å². The second kappa shape index (κ2) is 6.97. The number of thiazole rings is 1. The first kappa shape index (κ1) is 16.9. The monoisotopic (exact) mass is 376 g/mol. The molecular weight excluding hydrogens is 363 g/mol. The highest BCUT2D eigenvalue weighted by Gasteiger charge is 2.11. The van der Waals surface area contributed by atoms with E-state index >= 15 is 0 Å². The molecule has 8 heteroatoms. The van der Waals surface area contributed by atoms with Crippen LogP contribution in [0.3, 0.4) is 0 Å². The number of nitrogens with zero attached hydrogens (tertiary/aromatic N) is 4. The SMILES string of the molecule is Cc1cc(Nc2ncnc3nc(Nc4ccc(C#N)cc4)sc23)ccc1F. The van der Waals surface area contributed by atoms with E-state index in [0.29, 0.717) is 27.7 Å². The van der Waals surface area contributed by atoms with E-state index in [0.717, 1.165) is 16.1 Å². The zero-order chi connectivity index (χ0) is 18.8. The first-order valence-electron chi connectivity index (χ1n) is 8.04. The molecule has 6 nitrogen and oxygen atoms in total. The van der Waals surface area contributed by atoms with Crippen molar-refractivity contribution >= 4 is 44.0 Å². The average Bonchev–Trinajstić information content (AvgIpc) is 3.09. The topological polar surface area (TPSA) is 86.5 Å². The van der Waals surface area contributed by atoms with Crippen LogP contribution in [0, 0.1) is 24.1 Å². The van der Waals surface area contributed by atoms with Crippen molar-refractivity contribution in [2.24, 2.45) is 0 Å². The van der Waals surface area contributed by atoms with E-state index in [1.807, 2.05) is 12.1 Å². The Morgan fingerprint density at radius 3 is 2.56 bits per heavy atom. The maximum absolute atomic E-state index is 13.5. The Morgan fingerprint density at radius 2 is 1.81 bits per heavy atom. The van der Waals surface area contributed by atoms with Crippen molar-refractivity contribution < 1.29 is 4.39 Å². The predicted octanol–water partition coefficient (Wildman–Crippen LogP) is 4.89. The third-order valence-electron chi connectivity index (χ3n) is 3.88. The first-order chi connectivity index (χ1) is 13.1. The zero-order valence-corrected chi connectivity index (χ0v) is 15.0. The molecular formula is C19H13FN6S. The molecule has 4 aromatic rings. The van der Waals surface area contributed by atoms with Crippen LogP contribution in [0.2, 0.25) is 0 Å². The van der Waals surface area contributed by atoms with Crippen LogP contribution >= 0.6 is 11.3 Å². The third kappa shape index (κ3) is 3.54. The van der Waals surface area contributed by atoms with Gasteiger partial charge in [-0.3, -0.25) is 0 Å². The maximum Gasteiger partial charge on any atom is 0.189 e. The Labute approximate surface area is 158 Å². The quantitative estimate of drug-likeness (QED) is 0.527. The van der Waals surface area contributed by atoms with Crippen molar-refractivity contribution in [2.75, 3.05) is 10.6 Å². The van der Waals surface area contributed by atoms with Crippen molar-refractivity contribution in [3.05, 3.63) is 65.7 Å². The van der Waals surface area contributed by atoms with Crippen molar-refractivity contribution in [1.82, 2.24) is 15.0 Å². The van der Waals surface area contributed by atoms with Crippen molar-refractivity contribution in [2.45, 2.75) is 6.92 Å². The molecule has 2 heterocycles. The fraction of sp³-hybridized carbons (Fsp3) is 0.0526. The molecule has 0 saturated heterocycles. The summed E-state index contributed by atoms with van der Waals surface area (Å²) in [6.07, 6.45) is 1.44. The number of anilines is 4. The Balaban J connectivity index is 1.63. The average molecular weight is 376 g/mol. The van der Waals surface area contributed by atoms with Crippen LogP contribution in [0.25, 0.3) is 10.3 Å². The molecule has 0 spiro atoms. The molecule has 0 atom stereocenters. The van der Waals surface area contributed by atoms with Crippen LogP contribution in [-0.2, 0) is 0 Å². The van der Waals surface area contributed by atoms with Crippen molar-refractivity contribution in [1.29, 1.82) is 5.26 Å². The summed E-state index contributed by atoms with van der Waals surface area (Å²) in [7, 11) is 0. The molecule has 0 saturated carbocycles. The lowest BCUT2D eigenvalue weighted by atomic mass is 10.2. The summed E-state index contributed by atoms with van der Waals surface area (Å²) in [5.41, 5.74) is 3.27. The van der Waals surface area contributed by atoms with Gasteiger partial charge in [-0.05, 0) is 55.0 Å². The summed E-state index contributed by atoms with van der Waals surface area (Å²) in [6, 6.07) is 14.0. The fourth-order valence-corrected chi connectivity index (χ4v) is 3.39.